The largest absolute Gasteiger partial charge is 0.497 e. The molecular formula is C16H13ClN2O3S2. The number of carbonyl (C=O) groups excluding carboxylic acids is 1. The SMILES string of the molecule is COc1ccc(OC)c(C(=O)Nc2nc(-c3ccc(Cl)s3)cs2)c1. The van der Waals surface area contributed by atoms with Crippen LogP contribution >= 0.6 is 34.3 Å². The fourth-order valence-electron chi connectivity index (χ4n) is 2.05. The molecule has 124 valence electrons. The molecule has 0 saturated heterocycles. The summed E-state index contributed by atoms with van der Waals surface area (Å²) in [6.07, 6.45) is 0. The van der Waals surface area contributed by atoms with Crippen LogP contribution in [0.2, 0.25) is 4.34 Å². The second-order valence-electron chi connectivity index (χ2n) is 4.66. The molecule has 0 saturated carbocycles. The lowest BCUT2D eigenvalue weighted by Crippen LogP contribution is -2.13. The number of methoxy groups -OCH3 is 2. The Morgan fingerprint density at radius 1 is 1.21 bits per heavy atom. The standard InChI is InChI=1S/C16H13ClN2O3S2/c1-21-9-3-4-12(22-2)10(7-9)15(20)19-16-18-11(8-23-16)13-5-6-14(17)24-13/h3-8H,1-2H3,(H,18,19,20). The van der Waals surface area contributed by atoms with Crippen molar-refractivity contribution in [1.29, 1.82) is 0 Å². The summed E-state index contributed by atoms with van der Waals surface area (Å²) in [5, 5.41) is 5.17. The van der Waals surface area contributed by atoms with Gasteiger partial charge in [-0.1, -0.05) is 11.6 Å². The van der Waals surface area contributed by atoms with E-state index in [-0.39, 0.29) is 5.91 Å². The fraction of sp³-hybridized carbons (Fsp3) is 0.125. The van der Waals surface area contributed by atoms with E-state index in [1.54, 1.807) is 25.3 Å². The Morgan fingerprint density at radius 3 is 2.71 bits per heavy atom. The third-order valence-corrected chi connectivity index (χ3v) is 5.21. The first kappa shape index (κ1) is 16.8. The van der Waals surface area contributed by atoms with Crippen LogP contribution in [-0.4, -0.2) is 25.1 Å². The number of benzene rings is 1. The van der Waals surface area contributed by atoms with E-state index >= 15 is 0 Å². The molecule has 0 bridgehead atoms. The van der Waals surface area contributed by atoms with Crippen LogP contribution in [0.3, 0.4) is 0 Å². The molecule has 0 unspecified atom stereocenters. The molecule has 0 radical (unpaired) electrons. The highest BCUT2D eigenvalue weighted by atomic mass is 35.5. The number of thiophene rings is 1. The highest BCUT2D eigenvalue weighted by Crippen LogP contribution is 2.33. The predicted octanol–water partition coefficient (Wildman–Crippen LogP) is 4.79. The van der Waals surface area contributed by atoms with Gasteiger partial charge in [0.15, 0.2) is 5.13 Å². The molecule has 3 aromatic rings. The first-order valence-corrected chi connectivity index (χ1v) is 8.92. The van der Waals surface area contributed by atoms with Crippen molar-refractivity contribution >= 4 is 45.3 Å². The van der Waals surface area contributed by atoms with E-state index in [4.69, 9.17) is 21.1 Å². The number of ether oxygens (including phenoxy) is 2. The number of rotatable bonds is 5. The second-order valence-corrected chi connectivity index (χ2v) is 7.24. The van der Waals surface area contributed by atoms with Crippen molar-refractivity contribution < 1.29 is 14.3 Å². The van der Waals surface area contributed by atoms with Crippen molar-refractivity contribution in [2.75, 3.05) is 19.5 Å². The molecule has 3 rings (SSSR count). The van der Waals surface area contributed by atoms with Crippen LogP contribution in [0.5, 0.6) is 11.5 Å². The number of nitrogens with one attached hydrogen (secondary N) is 1. The lowest BCUT2D eigenvalue weighted by molar-refractivity contribution is 0.102. The zero-order chi connectivity index (χ0) is 17.1. The molecule has 1 aromatic carbocycles. The van der Waals surface area contributed by atoms with E-state index in [9.17, 15) is 4.79 Å². The molecule has 0 atom stereocenters. The van der Waals surface area contributed by atoms with Crippen LogP contribution in [0, 0.1) is 0 Å². The van der Waals surface area contributed by atoms with Crippen molar-refractivity contribution in [1.82, 2.24) is 4.98 Å². The van der Waals surface area contributed by atoms with Gasteiger partial charge in [-0.3, -0.25) is 10.1 Å². The Hall–Kier alpha value is -2.09. The molecular weight excluding hydrogens is 368 g/mol. The maximum Gasteiger partial charge on any atom is 0.261 e. The summed E-state index contributed by atoms with van der Waals surface area (Å²) in [6, 6.07) is 8.77. The zero-order valence-electron chi connectivity index (χ0n) is 12.8. The van der Waals surface area contributed by atoms with Gasteiger partial charge in [0, 0.05) is 5.38 Å². The number of hydrogen-bond acceptors (Lipinski definition) is 6. The van der Waals surface area contributed by atoms with Crippen LogP contribution in [0.1, 0.15) is 10.4 Å². The number of anilines is 1. The third kappa shape index (κ3) is 3.53. The summed E-state index contributed by atoms with van der Waals surface area (Å²) < 4.78 is 11.1. The molecule has 0 aliphatic rings. The van der Waals surface area contributed by atoms with E-state index in [0.717, 1.165) is 10.6 Å². The molecule has 5 nitrogen and oxygen atoms in total. The lowest BCUT2D eigenvalue weighted by Gasteiger charge is -2.09. The molecule has 8 heteroatoms. The Balaban J connectivity index is 1.81. The van der Waals surface area contributed by atoms with Gasteiger partial charge in [-0.2, -0.15) is 0 Å². The number of halogens is 1. The highest BCUT2D eigenvalue weighted by molar-refractivity contribution is 7.20. The van der Waals surface area contributed by atoms with Crippen LogP contribution in [-0.2, 0) is 0 Å². The minimum Gasteiger partial charge on any atom is -0.497 e. The molecule has 0 fully saturated rings. The monoisotopic (exact) mass is 380 g/mol. The van der Waals surface area contributed by atoms with Gasteiger partial charge in [0.1, 0.15) is 11.5 Å². The van der Waals surface area contributed by atoms with Gasteiger partial charge in [0.25, 0.3) is 5.91 Å². The average molecular weight is 381 g/mol. The number of aromatic nitrogens is 1. The number of nitrogens with zero attached hydrogens (tertiary/aromatic N) is 1. The molecule has 0 spiro atoms. The maximum atomic E-state index is 12.5. The van der Waals surface area contributed by atoms with Gasteiger partial charge in [0.2, 0.25) is 0 Å². The molecule has 24 heavy (non-hydrogen) atoms. The summed E-state index contributed by atoms with van der Waals surface area (Å²) in [5.74, 6) is 0.736. The van der Waals surface area contributed by atoms with Crippen LogP contribution in [0.4, 0.5) is 5.13 Å². The van der Waals surface area contributed by atoms with Crippen molar-refractivity contribution in [2.24, 2.45) is 0 Å². The smallest absolute Gasteiger partial charge is 0.261 e. The normalized spacial score (nSPS) is 10.5. The average Bonchev–Trinajstić information content (AvgIpc) is 3.23. The van der Waals surface area contributed by atoms with Gasteiger partial charge >= 0.3 is 0 Å². The van der Waals surface area contributed by atoms with Gasteiger partial charge in [0.05, 0.1) is 34.7 Å². The number of hydrogen-bond donors (Lipinski definition) is 1. The Bertz CT molecular complexity index is 876. The van der Waals surface area contributed by atoms with Gasteiger partial charge < -0.3 is 9.47 Å². The number of amides is 1. The summed E-state index contributed by atoms with van der Waals surface area (Å²) in [4.78, 5) is 17.9. The van der Waals surface area contributed by atoms with Crippen molar-refractivity contribution in [2.45, 2.75) is 0 Å². The van der Waals surface area contributed by atoms with Crippen LogP contribution in [0.15, 0.2) is 35.7 Å². The first-order valence-electron chi connectivity index (χ1n) is 6.85. The van der Waals surface area contributed by atoms with E-state index in [1.807, 2.05) is 17.5 Å². The van der Waals surface area contributed by atoms with E-state index in [0.29, 0.717) is 26.5 Å². The highest BCUT2D eigenvalue weighted by Gasteiger charge is 2.16. The minimum atomic E-state index is -0.309. The summed E-state index contributed by atoms with van der Waals surface area (Å²) >= 11 is 8.73. The van der Waals surface area contributed by atoms with E-state index in [2.05, 4.69) is 10.3 Å². The Morgan fingerprint density at radius 2 is 2.04 bits per heavy atom. The second kappa shape index (κ2) is 7.21. The van der Waals surface area contributed by atoms with Crippen LogP contribution < -0.4 is 14.8 Å². The molecule has 0 aliphatic carbocycles. The summed E-state index contributed by atoms with van der Waals surface area (Å²) in [5.41, 5.74) is 1.16. The minimum absolute atomic E-state index is 0.309. The molecule has 0 aliphatic heterocycles. The quantitative estimate of drug-likeness (QED) is 0.691. The fourth-order valence-corrected chi connectivity index (χ4v) is 3.84. The van der Waals surface area contributed by atoms with Crippen molar-refractivity contribution in [3.8, 4) is 22.1 Å². The molecule has 2 aromatic heterocycles. The van der Waals surface area contributed by atoms with Gasteiger partial charge in [-0.05, 0) is 30.3 Å². The van der Waals surface area contributed by atoms with Crippen LogP contribution in [0.25, 0.3) is 10.6 Å². The Labute approximate surface area is 151 Å². The predicted molar refractivity (Wildman–Crippen MR) is 97.9 cm³/mol. The number of thiazole rings is 1. The summed E-state index contributed by atoms with van der Waals surface area (Å²) in [7, 11) is 3.06. The van der Waals surface area contributed by atoms with Gasteiger partial charge in [-0.25, -0.2) is 4.98 Å². The summed E-state index contributed by atoms with van der Waals surface area (Å²) in [6.45, 7) is 0. The lowest BCUT2D eigenvalue weighted by atomic mass is 10.2. The molecule has 1 N–H and O–H groups in total. The first-order chi connectivity index (χ1) is 11.6. The van der Waals surface area contributed by atoms with E-state index < -0.39 is 0 Å². The maximum absolute atomic E-state index is 12.5. The Kier molecular flexibility index (Phi) is 5.03. The number of carbonyl (C=O) groups is 1. The third-order valence-electron chi connectivity index (χ3n) is 3.20. The molecule has 1 amide bonds. The van der Waals surface area contributed by atoms with E-state index in [1.165, 1.54) is 29.8 Å². The van der Waals surface area contributed by atoms with Crippen molar-refractivity contribution in [3.63, 3.8) is 0 Å². The topological polar surface area (TPSA) is 60.5 Å². The van der Waals surface area contributed by atoms with Crippen molar-refractivity contribution in [3.05, 3.63) is 45.6 Å². The molecule has 2 heterocycles. The zero-order valence-corrected chi connectivity index (χ0v) is 15.2. The van der Waals surface area contributed by atoms with Gasteiger partial charge in [-0.15, -0.1) is 22.7 Å².